The molecule has 2 amide bonds. The summed E-state index contributed by atoms with van der Waals surface area (Å²) in [6, 6.07) is 17.5. The highest BCUT2D eigenvalue weighted by molar-refractivity contribution is 5.95. The Labute approximate surface area is 148 Å². The number of rotatable bonds is 5. The van der Waals surface area contributed by atoms with Crippen LogP contribution in [0.4, 0.5) is 5.69 Å². The van der Waals surface area contributed by atoms with E-state index in [0.29, 0.717) is 17.8 Å². The molecule has 0 atom stereocenters. The molecule has 0 unspecified atom stereocenters. The summed E-state index contributed by atoms with van der Waals surface area (Å²) in [5, 5.41) is 5.82. The Balaban J connectivity index is 1.67. The molecular formula is C21H24N2O2. The van der Waals surface area contributed by atoms with Crippen molar-refractivity contribution >= 4 is 17.5 Å². The van der Waals surface area contributed by atoms with Crippen LogP contribution in [0.2, 0.25) is 0 Å². The molecule has 3 rings (SSSR count). The van der Waals surface area contributed by atoms with Crippen LogP contribution in [-0.4, -0.2) is 18.4 Å². The van der Waals surface area contributed by atoms with Gasteiger partial charge in [0.15, 0.2) is 0 Å². The maximum atomic E-state index is 12.5. The quantitative estimate of drug-likeness (QED) is 0.870. The molecule has 0 radical (unpaired) electrons. The third kappa shape index (κ3) is 4.08. The number of amides is 2. The summed E-state index contributed by atoms with van der Waals surface area (Å²) < 4.78 is 0. The van der Waals surface area contributed by atoms with Crippen molar-refractivity contribution < 1.29 is 9.59 Å². The van der Waals surface area contributed by atoms with Gasteiger partial charge < -0.3 is 10.6 Å². The SMILES string of the molecule is CC(=O)Nc1ccc(C(=O)NCC2(c3ccccc3)CCCC2)cc1. The Morgan fingerprint density at radius 1 is 0.960 bits per heavy atom. The third-order valence-corrected chi connectivity index (χ3v) is 5.00. The molecule has 0 saturated heterocycles. The van der Waals surface area contributed by atoms with E-state index in [0.717, 1.165) is 12.8 Å². The van der Waals surface area contributed by atoms with E-state index in [1.54, 1.807) is 24.3 Å². The fraction of sp³-hybridized carbons (Fsp3) is 0.333. The van der Waals surface area contributed by atoms with Crippen LogP contribution in [0.1, 0.15) is 48.5 Å². The van der Waals surface area contributed by atoms with E-state index in [4.69, 9.17) is 0 Å². The molecule has 25 heavy (non-hydrogen) atoms. The van der Waals surface area contributed by atoms with Gasteiger partial charge in [0, 0.05) is 30.1 Å². The summed E-state index contributed by atoms with van der Waals surface area (Å²) in [6.45, 7) is 2.12. The van der Waals surface area contributed by atoms with Crippen molar-refractivity contribution in [3.63, 3.8) is 0 Å². The summed E-state index contributed by atoms with van der Waals surface area (Å²) in [4.78, 5) is 23.6. The first-order valence-electron chi connectivity index (χ1n) is 8.80. The number of anilines is 1. The highest BCUT2D eigenvalue weighted by Crippen LogP contribution is 2.40. The summed E-state index contributed by atoms with van der Waals surface area (Å²) in [7, 11) is 0. The van der Waals surface area contributed by atoms with E-state index < -0.39 is 0 Å². The lowest BCUT2D eigenvalue weighted by Crippen LogP contribution is -2.39. The minimum Gasteiger partial charge on any atom is -0.351 e. The molecule has 1 aliphatic rings. The molecule has 2 aromatic rings. The predicted octanol–water partition coefficient (Wildman–Crippen LogP) is 3.89. The lowest BCUT2D eigenvalue weighted by atomic mass is 9.79. The van der Waals surface area contributed by atoms with E-state index in [-0.39, 0.29) is 17.2 Å². The van der Waals surface area contributed by atoms with Crippen molar-refractivity contribution in [3.8, 4) is 0 Å². The molecule has 0 aliphatic heterocycles. The molecule has 4 nitrogen and oxygen atoms in total. The molecule has 2 aromatic carbocycles. The number of benzene rings is 2. The van der Waals surface area contributed by atoms with Crippen LogP contribution in [0.5, 0.6) is 0 Å². The lowest BCUT2D eigenvalue weighted by molar-refractivity contribution is -0.114. The average Bonchev–Trinajstić information content (AvgIpc) is 3.11. The third-order valence-electron chi connectivity index (χ3n) is 5.00. The van der Waals surface area contributed by atoms with E-state index in [1.165, 1.54) is 25.3 Å². The second-order valence-electron chi connectivity index (χ2n) is 6.79. The van der Waals surface area contributed by atoms with Crippen molar-refractivity contribution in [2.45, 2.75) is 38.0 Å². The zero-order valence-electron chi connectivity index (χ0n) is 14.5. The molecule has 4 heteroatoms. The van der Waals surface area contributed by atoms with Gasteiger partial charge in [0.25, 0.3) is 5.91 Å². The van der Waals surface area contributed by atoms with Crippen molar-refractivity contribution in [2.75, 3.05) is 11.9 Å². The van der Waals surface area contributed by atoms with Gasteiger partial charge in [-0.3, -0.25) is 9.59 Å². The minimum atomic E-state index is -0.122. The van der Waals surface area contributed by atoms with Crippen LogP contribution in [0.15, 0.2) is 54.6 Å². The monoisotopic (exact) mass is 336 g/mol. The Morgan fingerprint density at radius 3 is 2.20 bits per heavy atom. The fourth-order valence-electron chi connectivity index (χ4n) is 3.67. The molecule has 1 fully saturated rings. The largest absolute Gasteiger partial charge is 0.351 e. The van der Waals surface area contributed by atoms with Crippen molar-refractivity contribution in [3.05, 3.63) is 65.7 Å². The smallest absolute Gasteiger partial charge is 0.251 e. The lowest BCUT2D eigenvalue weighted by Gasteiger charge is -2.30. The van der Waals surface area contributed by atoms with Crippen molar-refractivity contribution in [1.29, 1.82) is 0 Å². The maximum absolute atomic E-state index is 12.5. The fourth-order valence-corrected chi connectivity index (χ4v) is 3.67. The molecule has 0 spiro atoms. The van der Waals surface area contributed by atoms with Gasteiger partial charge in [0.05, 0.1) is 0 Å². The molecule has 130 valence electrons. The van der Waals surface area contributed by atoms with Crippen LogP contribution in [-0.2, 0) is 10.2 Å². The predicted molar refractivity (Wildman–Crippen MR) is 99.7 cm³/mol. The Bertz CT molecular complexity index is 732. The zero-order valence-corrected chi connectivity index (χ0v) is 14.5. The van der Waals surface area contributed by atoms with Gasteiger partial charge in [-0.2, -0.15) is 0 Å². The molecular weight excluding hydrogens is 312 g/mol. The van der Waals surface area contributed by atoms with Crippen LogP contribution in [0.25, 0.3) is 0 Å². The first kappa shape index (κ1) is 17.2. The van der Waals surface area contributed by atoms with Crippen LogP contribution < -0.4 is 10.6 Å². The van der Waals surface area contributed by atoms with Gasteiger partial charge in [-0.1, -0.05) is 43.2 Å². The number of hydrogen-bond donors (Lipinski definition) is 2. The molecule has 0 heterocycles. The number of carbonyl (C=O) groups excluding carboxylic acids is 2. The highest BCUT2D eigenvalue weighted by Gasteiger charge is 2.35. The zero-order chi connectivity index (χ0) is 17.7. The topological polar surface area (TPSA) is 58.2 Å². The Hall–Kier alpha value is -2.62. The van der Waals surface area contributed by atoms with Gasteiger partial charge in [-0.15, -0.1) is 0 Å². The summed E-state index contributed by atoms with van der Waals surface area (Å²) in [5.74, 6) is -0.195. The standard InChI is InChI=1S/C21H24N2O2/c1-16(24)23-19-11-9-17(10-12-19)20(25)22-15-21(13-5-6-14-21)18-7-3-2-4-8-18/h2-4,7-12H,5-6,13-15H2,1H3,(H,22,25)(H,23,24). The number of hydrogen-bond acceptors (Lipinski definition) is 2. The van der Waals surface area contributed by atoms with Gasteiger partial charge in [-0.05, 0) is 42.7 Å². The highest BCUT2D eigenvalue weighted by atomic mass is 16.2. The van der Waals surface area contributed by atoms with E-state index in [9.17, 15) is 9.59 Å². The molecule has 2 N–H and O–H groups in total. The second kappa shape index (κ2) is 7.51. The van der Waals surface area contributed by atoms with Crippen molar-refractivity contribution in [1.82, 2.24) is 5.32 Å². The second-order valence-corrected chi connectivity index (χ2v) is 6.79. The maximum Gasteiger partial charge on any atom is 0.251 e. The van der Waals surface area contributed by atoms with Gasteiger partial charge >= 0.3 is 0 Å². The number of nitrogens with one attached hydrogen (secondary N) is 2. The van der Waals surface area contributed by atoms with Gasteiger partial charge in [0.2, 0.25) is 5.91 Å². The summed E-state index contributed by atoms with van der Waals surface area (Å²) in [6.07, 6.45) is 4.63. The average molecular weight is 336 g/mol. The van der Waals surface area contributed by atoms with E-state index in [1.807, 2.05) is 6.07 Å². The molecule has 0 bridgehead atoms. The molecule has 1 saturated carbocycles. The summed E-state index contributed by atoms with van der Waals surface area (Å²) in [5.41, 5.74) is 2.66. The van der Waals surface area contributed by atoms with Crippen LogP contribution in [0, 0.1) is 0 Å². The summed E-state index contributed by atoms with van der Waals surface area (Å²) >= 11 is 0. The minimum absolute atomic E-state index is 0.0487. The van der Waals surface area contributed by atoms with E-state index >= 15 is 0 Å². The first-order chi connectivity index (χ1) is 12.1. The normalized spacial score (nSPS) is 15.6. The van der Waals surface area contributed by atoms with Gasteiger partial charge in [0.1, 0.15) is 0 Å². The van der Waals surface area contributed by atoms with Gasteiger partial charge in [-0.25, -0.2) is 0 Å². The van der Waals surface area contributed by atoms with Crippen LogP contribution in [0.3, 0.4) is 0 Å². The van der Waals surface area contributed by atoms with E-state index in [2.05, 4.69) is 34.9 Å². The Kier molecular flexibility index (Phi) is 5.17. The Morgan fingerprint density at radius 2 is 1.60 bits per heavy atom. The van der Waals surface area contributed by atoms with Crippen molar-refractivity contribution in [2.24, 2.45) is 0 Å². The number of carbonyl (C=O) groups is 2. The molecule has 1 aliphatic carbocycles. The first-order valence-corrected chi connectivity index (χ1v) is 8.80. The van der Waals surface area contributed by atoms with Crippen LogP contribution >= 0.6 is 0 Å². The molecule has 0 aromatic heterocycles.